The molecule has 1 aromatic rings. The van der Waals surface area contributed by atoms with E-state index in [0.29, 0.717) is 11.5 Å². The number of rotatable bonds is 7. The van der Waals surface area contributed by atoms with Crippen molar-refractivity contribution in [3.8, 4) is 11.5 Å². The predicted octanol–water partition coefficient (Wildman–Crippen LogP) is 1.03. The molecule has 0 aromatic heterocycles. The summed E-state index contributed by atoms with van der Waals surface area (Å²) in [4.78, 5) is 16.6. The Hall–Kier alpha value is -1.79. The molecular formula is C14H22N2O4. The molecule has 3 N–H and O–H groups in total. The third kappa shape index (κ3) is 4.71. The minimum absolute atomic E-state index is 0.112. The molecule has 0 fully saturated rings. The molecule has 6 heteroatoms. The van der Waals surface area contributed by atoms with Crippen LogP contribution >= 0.6 is 0 Å². The zero-order chi connectivity index (χ0) is 15.2. The van der Waals surface area contributed by atoms with Crippen LogP contribution in [0.15, 0.2) is 18.2 Å². The lowest BCUT2D eigenvalue weighted by molar-refractivity contribution is -0.122. The van der Waals surface area contributed by atoms with Gasteiger partial charge in [0.05, 0.1) is 32.8 Å². The van der Waals surface area contributed by atoms with E-state index in [2.05, 4.69) is 10.2 Å². The Morgan fingerprint density at radius 2 is 1.90 bits per heavy atom. The summed E-state index contributed by atoms with van der Waals surface area (Å²) in [5.74, 6) is 6.15. The molecule has 6 nitrogen and oxygen atoms in total. The topological polar surface area (TPSA) is 82.8 Å². The third-order valence-electron chi connectivity index (χ3n) is 2.73. The van der Waals surface area contributed by atoms with Gasteiger partial charge in [0, 0.05) is 0 Å². The maximum Gasteiger partial charge on any atom is 0.224 e. The summed E-state index contributed by atoms with van der Waals surface area (Å²) in [5.41, 5.74) is 0.326. The van der Waals surface area contributed by atoms with Crippen molar-refractivity contribution in [2.45, 2.75) is 25.8 Å². The highest BCUT2D eigenvalue weighted by Crippen LogP contribution is 2.27. The first-order valence-electron chi connectivity index (χ1n) is 6.25. The fourth-order valence-electron chi connectivity index (χ4n) is 1.84. The predicted molar refractivity (Wildman–Crippen MR) is 75.6 cm³/mol. The summed E-state index contributed by atoms with van der Waals surface area (Å²) < 4.78 is 10.4. The second-order valence-electron chi connectivity index (χ2n) is 5.11. The van der Waals surface area contributed by atoms with Crippen molar-refractivity contribution in [3.63, 3.8) is 0 Å². The first kappa shape index (κ1) is 16.3. The Labute approximate surface area is 119 Å². The summed E-state index contributed by atoms with van der Waals surface area (Å²) in [7, 11) is 3.13. The number of nitrogens with two attached hydrogens (primary N) is 1. The smallest absolute Gasteiger partial charge is 0.224 e. The molecule has 0 saturated heterocycles. The average molecular weight is 282 g/mol. The third-order valence-corrected chi connectivity index (χ3v) is 2.73. The molecular weight excluding hydrogens is 260 g/mol. The molecule has 20 heavy (non-hydrogen) atoms. The molecule has 112 valence electrons. The summed E-state index contributed by atoms with van der Waals surface area (Å²) in [6.45, 7) is 3.92. The molecule has 1 amide bonds. The van der Waals surface area contributed by atoms with Gasteiger partial charge in [-0.1, -0.05) is 6.07 Å². The number of carbonyl (C=O) groups excluding carboxylic acids is 1. The van der Waals surface area contributed by atoms with Gasteiger partial charge in [-0.3, -0.25) is 4.79 Å². The van der Waals surface area contributed by atoms with E-state index in [0.717, 1.165) is 5.56 Å². The average Bonchev–Trinajstić information content (AvgIpc) is 2.37. The number of amides is 1. The summed E-state index contributed by atoms with van der Waals surface area (Å²) in [6, 6.07) is 5.38. The quantitative estimate of drug-likeness (QED) is 0.730. The molecule has 0 aliphatic carbocycles. The van der Waals surface area contributed by atoms with Crippen LogP contribution in [0.25, 0.3) is 0 Å². The SMILES string of the molecule is COc1ccc(CC(=O)NC(C)(C)CON)cc1OC. The van der Waals surface area contributed by atoms with Crippen LogP contribution in [0, 0.1) is 0 Å². The summed E-state index contributed by atoms with van der Waals surface area (Å²) in [6.07, 6.45) is 0.244. The Kier molecular flexibility index (Phi) is 5.79. The number of methoxy groups -OCH3 is 2. The lowest BCUT2D eigenvalue weighted by Crippen LogP contribution is -2.48. The monoisotopic (exact) mass is 282 g/mol. The Balaban J connectivity index is 2.71. The van der Waals surface area contributed by atoms with Crippen molar-refractivity contribution < 1.29 is 19.1 Å². The maximum absolute atomic E-state index is 12.0. The molecule has 0 saturated carbocycles. The Morgan fingerprint density at radius 1 is 1.25 bits per heavy atom. The lowest BCUT2D eigenvalue weighted by atomic mass is 10.1. The number of benzene rings is 1. The summed E-state index contributed by atoms with van der Waals surface area (Å²) >= 11 is 0. The van der Waals surface area contributed by atoms with E-state index < -0.39 is 5.54 Å². The Bertz CT molecular complexity index is 460. The number of nitrogens with one attached hydrogen (secondary N) is 1. The van der Waals surface area contributed by atoms with Crippen LogP contribution in [0.3, 0.4) is 0 Å². The van der Waals surface area contributed by atoms with Crippen LogP contribution in [0.4, 0.5) is 0 Å². The molecule has 0 spiro atoms. The van der Waals surface area contributed by atoms with E-state index in [9.17, 15) is 4.79 Å². The van der Waals surface area contributed by atoms with Gasteiger partial charge in [-0.15, -0.1) is 0 Å². The largest absolute Gasteiger partial charge is 0.493 e. The van der Waals surface area contributed by atoms with Gasteiger partial charge in [-0.2, -0.15) is 0 Å². The molecule has 1 rings (SSSR count). The zero-order valence-electron chi connectivity index (χ0n) is 12.4. The van der Waals surface area contributed by atoms with Gasteiger partial charge in [0.1, 0.15) is 0 Å². The van der Waals surface area contributed by atoms with Crippen LogP contribution < -0.4 is 20.7 Å². The van der Waals surface area contributed by atoms with Gasteiger partial charge in [-0.25, -0.2) is 5.90 Å². The standard InChI is InChI=1S/C14H22N2O4/c1-14(2,9-20-15)16-13(17)8-10-5-6-11(18-3)12(7-10)19-4/h5-7H,8-9,15H2,1-4H3,(H,16,17). The first-order chi connectivity index (χ1) is 9.41. The number of hydrogen-bond acceptors (Lipinski definition) is 5. The molecule has 0 atom stereocenters. The van der Waals surface area contributed by atoms with Crippen molar-refractivity contribution in [3.05, 3.63) is 23.8 Å². The second kappa shape index (κ2) is 7.12. The van der Waals surface area contributed by atoms with Crippen molar-refractivity contribution in [2.75, 3.05) is 20.8 Å². The highest BCUT2D eigenvalue weighted by Gasteiger charge is 2.20. The molecule has 1 aromatic carbocycles. The van der Waals surface area contributed by atoms with E-state index in [1.165, 1.54) is 0 Å². The van der Waals surface area contributed by atoms with Crippen LogP contribution in [0.2, 0.25) is 0 Å². The van der Waals surface area contributed by atoms with Crippen molar-refractivity contribution in [2.24, 2.45) is 5.90 Å². The maximum atomic E-state index is 12.0. The van der Waals surface area contributed by atoms with E-state index in [-0.39, 0.29) is 18.9 Å². The van der Waals surface area contributed by atoms with Gasteiger partial charge >= 0.3 is 0 Å². The minimum atomic E-state index is -0.512. The van der Waals surface area contributed by atoms with E-state index in [1.807, 2.05) is 19.9 Å². The molecule has 0 heterocycles. The van der Waals surface area contributed by atoms with Gasteiger partial charge in [0.15, 0.2) is 11.5 Å². The lowest BCUT2D eigenvalue weighted by Gasteiger charge is -2.24. The fourth-order valence-corrected chi connectivity index (χ4v) is 1.84. The highest BCUT2D eigenvalue weighted by molar-refractivity contribution is 5.79. The van der Waals surface area contributed by atoms with Crippen LogP contribution in [0.5, 0.6) is 11.5 Å². The van der Waals surface area contributed by atoms with Gasteiger partial charge < -0.3 is 19.6 Å². The van der Waals surface area contributed by atoms with E-state index >= 15 is 0 Å². The zero-order valence-corrected chi connectivity index (χ0v) is 12.4. The number of hydrogen-bond donors (Lipinski definition) is 2. The van der Waals surface area contributed by atoms with Crippen molar-refractivity contribution >= 4 is 5.91 Å². The molecule has 0 radical (unpaired) electrons. The fraction of sp³-hybridized carbons (Fsp3) is 0.500. The second-order valence-corrected chi connectivity index (χ2v) is 5.11. The highest BCUT2D eigenvalue weighted by atomic mass is 16.6. The van der Waals surface area contributed by atoms with Crippen LogP contribution in [-0.4, -0.2) is 32.3 Å². The normalized spacial score (nSPS) is 11.1. The van der Waals surface area contributed by atoms with Gasteiger partial charge in [0.25, 0.3) is 0 Å². The Morgan fingerprint density at radius 3 is 2.45 bits per heavy atom. The minimum Gasteiger partial charge on any atom is -0.493 e. The number of carbonyl (C=O) groups is 1. The van der Waals surface area contributed by atoms with Crippen molar-refractivity contribution in [1.82, 2.24) is 5.32 Å². The molecule has 0 aliphatic rings. The van der Waals surface area contributed by atoms with Crippen LogP contribution in [-0.2, 0) is 16.1 Å². The molecule has 0 aliphatic heterocycles. The molecule has 0 bridgehead atoms. The van der Waals surface area contributed by atoms with E-state index in [4.69, 9.17) is 15.4 Å². The van der Waals surface area contributed by atoms with Gasteiger partial charge in [0.2, 0.25) is 5.91 Å². The molecule has 0 unspecified atom stereocenters. The van der Waals surface area contributed by atoms with Crippen LogP contribution in [0.1, 0.15) is 19.4 Å². The summed E-state index contributed by atoms with van der Waals surface area (Å²) in [5, 5.41) is 2.86. The number of ether oxygens (including phenoxy) is 2. The van der Waals surface area contributed by atoms with E-state index in [1.54, 1.807) is 26.4 Å². The van der Waals surface area contributed by atoms with Gasteiger partial charge in [-0.05, 0) is 31.5 Å². The first-order valence-corrected chi connectivity index (χ1v) is 6.25. The van der Waals surface area contributed by atoms with Crippen molar-refractivity contribution in [1.29, 1.82) is 0 Å².